The van der Waals surface area contributed by atoms with Crippen LogP contribution in [0.4, 0.5) is 4.79 Å². The molecule has 0 saturated carbocycles. The third-order valence-electron chi connectivity index (χ3n) is 7.93. The van der Waals surface area contributed by atoms with Crippen molar-refractivity contribution >= 4 is 33.8 Å². The standard InChI is InChI=1S/C32H39BrN6O4/c1-21-6-8-26(30(41)36-12-10-23(11-13-36)24-7-9-27(33)22(2)17-24)28(16-21)39-19-25(34-35-39)18-37-14-15-38(20-29(37)40)31(42)43-32(3,4)5/h6-9,16-17,19,23H,10-15,18,20H2,1-5H3. The van der Waals surface area contributed by atoms with Crippen LogP contribution in [0, 0.1) is 13.8 Å². The predicted molar refractivity (Wildman–Crippen MR) is 166 cm³/mol. The lowest BCUT2D eigenvalue weighted by atomic mass is 9.88. The van der Waals surface area contributed by atoms with Crippen LogP contribution in [0.5, 0.6) is 0 Å². The highest BCUT2D eigenvalue weighted by Crippen LogP contribution is 2.31. The quantitative estimate of drug-likeness (QED) is 0.374. The van der Waals surface area contributed by atoms with Crippen LogP contribution in [0.3, 0.4) is 0 Å². The molecule has 2 fully saturated rings. The molecule has 1 aromatic heterocycles. The van der Waals surface area contributed by atoms with Crippen molar-refractivity contribution in [2.24, 2.45) is 0 Å². The molecule has 0 atom stereocenters. The molecule has 2 aliphatic heterocycles. The zero-order valence-corrected chi connectivity index (χ0v) is 27.1. The Balaban J connectivity index is 1.24. The van der Waals surface area contributed by atoms with Crippen molar-refractivity contribution in [2.75, 3.05) is 32.7 Å². The van der Waals surface area contributed by atoms with Crippen molar-refractivity contribution in [3.63, 3.8) is 0 Å². The van der Waals surface area contributed by atoms with Crippen LogP contribution in [-0.2, 0) is 16.1 Å². The van der Waals surface area contributed by atoms with Gasteiger partial charge in [-0.15, -0.1) is 5.10 Å². The predicted octanol–water partition coefficient (Wildman–Crippen LogP) is 5.25. The number of hydrogen-bond donors (Lipinski definition) is 0. The first-order valence-electron chi connectivity index (χ1n) is 14.7. The van der Waals surface area contributed by atoms with E-state index in [1.165, 1.54) is 16.0 Å². The Hall–Kier alpha value is -3.73. The average molecular weight is 652 g/mol. The van der Waals surface area contributed by atoms with E-state index in [-0.39, 0.29) is 24.9 Å². The van der Waals surface area contributed by atoms with Crippen molar-refractivity contribution in [3.8, 4) is 5.69 Å². The Morgan fingerprint density at radius 2 is 1.74 bits per heavy atom. The molecular formula is C32H39BrN6O4. The van der Waals surface area contributed by atoms with E-state index in [9.17, 15) is 14.4 Å². The number of nitrogens with zero attached hydrogens (tertiary/aromatic N) is 6. The third kappa shape index (κ3) is 7.26. The van der Waals surface area contributed by atoms with Gasteiger partial charge in [-0.2, -0.15) is 0 Å². The van der Waals surface area contributed by atoms with Gasteiger partial charge < -0.3 is 14.5 Å². The van der Waals surface area contributed by atoms with Gasteiger partial charge in [0, 0.05) is 30.7 Å². The summed E-state index contributed by atoms with van der Waals surface area (Å²) in [5.41, 5.74) is 4.76. The molecule has 3 heterocycles. The van der Waals surface area contributed by atoms with E-state index < -0.39 is 11.7 Å². The minimum absolute atomic E-state index is 0.0223. The summed E-state index contributed by atoms with van der Waals surface area (Å²) in [5, 5.41) is 8.64. The molecule has 11 heteroatoms. The van der Waals surface area contributed by atoms with Crippen LogP contribution < -0.4 is 0 Å². The summed E-state index contributed by atoms with van der Waals surface area (Å²) in [7, 11) is 0. The zero-order chi connectivity index (χ0) is 30.9. The monoisotopic (exact) mass is 650 g/mol. The molecule has 2 aliphatic rings. The van der Waals surface area contributed by atoms with E-state index in [1.54, 1.807) is 36.5 Å². The van der Waals surface area contributed by atoms with Gasteiger partial charge in [0.15, 0.2) is 0 Å². The number of hydrogen-bond acceptors (Lipinski definition) is 6. The topological polar surface area (TPSA) is 101 Å². The van der Waals surface area contributed by atoms with Gasteiger partial charge in [-0.1, -0.05) is 39.3 Å². The number of rotatable bonds is 5. The highest BCUT2D eigenvalue weighted by molar-refractivity contribution is 9.10. The van der Waals surface area contributed by atoms with E-state index in [0.717, 1.165) is 22.9 Å². The molecule has 10 nitrogen and oxygen atoms in total. The number of amides is 3. The summed E-state index contributed by atoms with van der Waals surface area (Å²) in [6, 6.07) is 12.3. The van der Waals surface area contributed by atoms with E-state index in [4.69, 9.17) is 4.74 Å². The smallest absolute Gasteiger partial charge is 0.410 e. The molecule has 2 saturated heterocycles. The number of carbonyl (C=O) groups is 3. The second-order valence-corrected chi connectivity index (χ2v) is 13.3. The van der Waals surface area contributed by atoms with E-state index in [1.807, 2.05) is 30.0 Å². The maximum atomic E-state index is 13.7. The van der Waals surface area contributed by atoms with Gasteiger partial charge in [-0.25, -0.2) is 9.48 Å². The van der Waals surface area contributed by atoms with Gasteiger partial charge in [-0.05, 0) is 88.3 Å². The number of aromatic nitrogens is 3. The molecule has 0 spiro atoms. The molecular weight excluding hydrogens is 612 g/mol. The molecule has 43 heavy (non-hydrogen) atoms. The molecule has 0 aliphatic carbocycles. The van der Waals surface area contributed by atoms with E-state index in [2.05, 4.69) is 51.4 Å². The number of benzene rings is 2. The van der Waals surface area contributed by atoms with Crippen LogP contribution >= 0.6 is 15.9 Å². The van der Waals surface area contributed by atoms with Crippen LogP contribution in [0.1, 0.15) is 72.3 Å². The third-order valence-corrected chi connectivity index (χ3v) is 8.82. The SMILES string of the molecule is Cc1ccc(C(=O)N2CCC(c3ccc(Br)c(C)c3)CC2)c(-n2cc(CN3CCN(C(=O)OC(C)(C)C)CC3=O)nn2)c1. The first-order valence-corrected chi connectivity index (χ1v) is 15.5. The Morgan fingerprint density at radius 3 is 2.42 bits per heavy atom. The number of carbonyl (C=O) groups excluding carboxylic acids is 3. The van der Waals surface area contributed by atoms with Gasteiger partial charge in [-0.3, -0.25) is 14.5 Å². The Labute approximate surface area is 261 Å². The maximum absolute atomic E-state index is 13.7. The van der Waals surface area contributed by atoms with Crippen LogP contribution in [0.25, 0.3) is 5.69 Å². The molecule has 2 aromatic carbocycles. The second-order valence-electron chi connectivity index (χ2n) is 12.5. The lowest BCUT2D eigenvalue weighted by Gasteiger charge is -2.34. The van der Waals surface area contributed by atoms with Gasteiger partial charge in [0.1, 0.15) is 17.8 Å². The number of piperazine rings is 1. The van der Waals surface area contributed by atoms with Crippen LogP contribution in [-0.4, -0.2) is 85.9 Å². The summed E-state index contributed by atoms with van der Waals surface area (Å²) < 4.78 is 8.14. The van der Waals surface area contributed by atoms with E-state index >= 15 is 0 Å². The molecule has 0 unspecified atom stereocenters. The van der Waals surface area contributed by atoms with Crippen molar-refractivity contribution < 1.29 is 19.1 Å². The molecule has 3 amide bonds. The number of aryl methyl sites for hydroxylation is 2. The Morgan fingerprint density at radius 1 is 1.00 bits per heavy atom. The Kier molecular flexibility index (Phi) is 8.91. The maximum Gasteiger partial charge on any atom is 0.410 e. The van der Waals surface area contributed by atoms with E-state index in [0.29, 0.717) is 49.0 Å². The number of piperidine rings is 1. The van der Waals surface area contributed by atoms with Crippen molar-refractivity contribution in [1.29, 1.82) is 0 Å². The van der Waals surface area contributed by atoms with Gasteiger partial charge in [0.25, 0.3) is 5.91 Å². The van der Waals surface area contributed by atoms with Gasteiger partial charge in [0.2, 0.25) is 5.91 Å². The fourth-order valence-electron chi connectivity index (χ4n) is 5.56. The number of halogens is 1. The molecule has 0 radical (unpaired) electrons. The molecule has 228 valence electrons. The summed E-state index contributed by atoms with van der Waals surface area (Å²) in [5.74, 6) is 0.227. The zero-order valence-electron chi connectivity index (χ0n) is 25.5. The lowest BCUT2D eigenvalue weighted by molar-refractivity contribution is -0.136. The number of ether oxygens (including phenoxy) is 1. The van der Waals surface area contributed by atoms with Crippen molar-refractivity contribution in [3.05, 3.63) is 75.0 Å². The molecule has 0 N–H and O–H groups in total. The second kappa shape index (κ2) is 12.5. The van der Waals surface area contributed by atoms with Crippen molar-refractivity contribution in [1.82, 2.24) is 29.7 Å². The molecule has 3 aromatic rings. The fourth-order valence-corrected chi connectivity index (χ4v) is 5.81. The normalized spacial score (nSPS) is 16.5. The summed E-state index contributed by atoms with van der Waals surface area (Å²) in [4.78, 5) is 44.0. The fraction of sp³-hybridized carbons (Fsp3) is 0.469. The van der Waals surface area contributed by atoms with Crippen molar-refractivity contribution in [2.45, 2.75) is 65.5 Å². The van der Waals surface area contributed by atoms with Crippen LogP contribution in [0.15, 0.2) is 47.1 Å². The number of likely N-dealkylation sites (tertiary alicyclic amines) is 1. The summed E-state index contributed by atoms with van der Waals surface area (Å²) in [6.45, 7) is 11.8. The summed E-state index contributed by atoms with van der Waals surface area (Å²) in [6.07, 6.45) is 3.10. The minimum atomic E-state index is -0.624. The first-order chi connectivity index (χ1) is 20.4. The largest absolute Gasteiger partial charge is 0.444 e. The highest BCUT2D eigenvalue weighted by atomic mass is 79.9. The molecule has 0 bridgehead atoms. The first kappa shape index (κ1) is 30.7. The van der Waals surface area contributed by atoms with Gasteiger partial charge >= 0.3 is 6.09 Å². The molecule has 5 rings (SSSR count). The summed E-state index contributed by atoms with van der Waals surface area (Å²) >= 11 is 3.58. The lowest BCUT2D eigenvalue weighted by Crippen LogP contribution is -2.52. The van der Waals surface area contributed by atoms with Crippen LogP contribution in [0.2, 0.25) is 0 Å². The Bertz CT molecular complexity index is 1520. The highest BCUT2D eigenvalue weighted by Gasteiger charge is 2.31. The average Bonchev–Trinajstić information content (AvgIpc) is 3.43. The van der Waals surface area contributed by atoms with Gasteiger partial charge in [0.05, 0.1) is 24.0 Å². The minimum Gasteiger partial charge on any atom is -0.444 e.